The number of hydrogen-bond donors (Lipinski definition) is 0. The Morgan fingerprint density at radius 3 is 2.94 bits per heavy atom. The molecule has 0 unspecified atom stereocenters. The van der Waals surface area contributed by atoms with Crippen molar-refractivity contribution in [1.82, 2.24) is 9.38 Å². The van der Waals surface area contributed by atoms with E-state index in [1.807, 2.05) is 34.9 Å². The molecule has 3 aromatic rings. The predicted octanol–water partition coefficient (Wildman–Crippen LogP) is 3.26. The molecule has 0 saturated carbocycles. The Bertz CT molecular complexity index is 675. The zero-order valence-electron chi connectivity index (χ0n) is 8.64. The zero-order chi connectivity index (χ0) is 11.1. The fourth-order valence-electron chi connectivity index (χ4n) is 1.92. The summed E-state index contributed by atoms with van der Waals surface area (Å²) < 4.78 is 8.23. The highest BCUT2D eigenvalue weighted by Crippen LogP contribution is 2.27. The molecule has 4 heteroatoms. The molecule has 0 atom stereocenters. The van der Waals surface area contributed by atoms with Gasteiger partial charge in [0.15, 0.2) is 0 Å². The summed E-state index contributed by atoms with van der Waals surface area (Å²) in [5.74, 6) is 0.855. The van der Waals surface area contributed by atoms with Crippen LogP contribution in [0.15, 0.2) is 41.1 Å². The summed E-state index contributed by atoms with van der Waals surface area (Å²) in [6, 6.07) is 10.0. The van der Waals surface area contributed by atoms with Gasteiger partial charge in [-0.3, -0.25) is 4.40 Å². The molecule has 0 amide bonds. The van der Waals surface area contributed by atoms with Gasteiger partial charge in [-0.15, -0.1) is 0 Å². The second kappa shape index (κ2) is 3.49. The van der Waals surface area contributed by atoms with Crippen molar-refractivity contribution in [1.29, 1.82) is 0 Å². The molecule has 0 radical (unpaired) electrons. The average Bonchev–Trinajstić information content (AvgIpc) is 2.68. The molecule has 0 fully saturated rings. The van der Waals surface area contributed by atoms with Gasteiger partial charge in [-0.05, 0) is 34.1 Å². The van der Waals surface area contributed by atoms with Crippen LogP contribution < -0.4 is 4.74 Å². The Hall–Kier alpha value is -1.55. The van der Waals surface area contributed by atoms with Crippen molar-refractivity contribution in [3.8, 4) is 5.75 Å². The molecule has 0 aliphatic heterocycles. The first-order valence-electron chi connectivity index (χ1n) is 4.90. The van der Waals surface area contributed by atoms with Gasteiger partial charge < -0.3 is 4.74 Å². The number of halogens is 1. The number of methoxy groups -OCH3 is 1. The Morgan fingerprint density at radius 2 is 2.12 bits per heavy atom. The molecule has 1 aromatic carbocycles. The van der Waals surface area contributed by atoms with Gasteiger partial charge in [-0.1, -0.05) is 12.1 Å². The maximum Gasteiger partial charge on any atom is 0.143 e. The second-order valence-corrected chi connectivity index (χ2v) is 4.34. The molecule has 0 aliphatic rings. The van der Waals surface area contributed by atoms with Crippen LogP contribution in [-0.4, -0.2) is 16.5 Å². The number of imidazole rings is 1. The van der Waals surface area contributed by atoms with Crippen LogP contribution in [0.4, 0.5) is 0 Å². The maximum atomic E-state index is 5.38. The van der Waals surface area contributed by atoms with E-state index in [1.54, 1.807) is 7.11 Å². The highest BCUT2D eigenvalue weighted by molar-refractivity contribution is 9.10. The van der Waals surface area contributed by atoms with E-state index in [-0.39, 0.29) is 0 Å². The lowest BCUT2D eigenvalue weighted by molar-refractivity contribution is 0.418. The molecule has 3 rings (SSSR count). The molecular weight excluding hydrogens is 268 g/mol. The van der Waals surface area contributed by atoms with Crippen LogP contribution in [0.1, 0.15) is 0 Å². The van der Waals surface area contributed by atoms with Gasteiger partial charge >= 0.3 is 0 Å². The number of benzene rings is 1. The van der Waals surface area contributed by atoms with Gasteiger partial charge in [0.25, 0.3) is 0 Å². The molecule has 3 nitrogen and oxygen atoms in total. The molecule has 2 aromatic heterocycles. The lowest BCUT2D eigenvalue weighted by Crippen LogP contribution is -1.91. The van der Waals surface area contributed by atoms with E-state index in [2.05, 4.69) is 27.0 Å². The predicted molar refractivity (Wildman–Crippen MR) is 67.0 cm³/mol. The van der Waals surface area contributed by atoms with E-state index in [1.165, 1.54) is 0 Å². The van der Waals surface area contributed by atoms with E-state index in [4.69, 9.17) is 4.74 Å². The third-order valence-electron chi connectivity index (χ3n) is 2.61. The molecule has 0 N–H and O–H groups in total. The topological polar surface area (TPSA) is 26.5 Å². The van der Waals surface area contributed by atoms with Crippen LogP contribution in [0.25, 0.3) is 16.6 Å². The van der Waals surface area contributed by atoms with E-state index in [9.17, 15) is 0 Å². The fourth-order valence-corrected chi connectivity index (χ4v) is 2.31. The first kappa shape index (κ1) is 9.66. The summed E-state index contributed by atoms with van der Waals surface area (Å²) in [6.45, 7) is 0. The highest BCUT2D eigenvalue weighted by Gasteiger charge is 2.07. The number of nitrogens with zero attached hydrogens (tertiary/aromatic N) is 2. The first-order chi connectivity index (χ1) is 7.79. The van der Waals surface area contributed by atoms with Crippen LogP contribution in [-0.2, 0) is 0 Å². The first-order valence-corrected chi connectivity index (χ1v) is 5.69. The van der Waals surface area contributed by atoms with Crippen molar-refractivity contribution in [2.45, 2.75) is 0 Å². The normalized spacial score (nSPS) is 11.1. The molecule has 0 saturated heterocycles. The van der Waals surface area contributed by atoms with Crippen LogP contribution >= 0.6 is 15.9 Å². The summed E-state index contributed by atoms with van der Waals surface area (Å²) in [4.78, 5) is 4.36. The average molecular weight is 277 g/mol. The minimum atomic E-state index is 0.825. The maximum absolute atomic E-state index is 5.38. The van der Waals surface area contributed by atoms with Gasteiger partial charge in [0, 0.05) is 11.6 Å². The number of hydrogen-bond acceptors (Lipinski definition) is 2. The Labute approximate surface area is 101 Å². The number of fused-ring (bicyclic) bond motifs is 3. The number of pyridine rings is 1. The van der Waals surface area contributed by atoms with E-state index < -0.39 is 0 Å². The van der Waals surface area contributed by atoms with Gasteiger partial charge in [-0.25, -0.2) is 4.98 Å². The summed E-state index contributed by atoms with van der Waals surface area (Å²) in [7, 11) is 1.68. The largest absolute Gasteiger partial charge is 0.495 e. The third kappa shape index (κ3) is 1.30. The van der Waals surface area contributed by atoms with Gasteiger partial charge in [0.1, 0.15) is 16.0 Å². The van der Waals surface area contributed by atoms with Crippen LogP contribution in [0, 0.1) is 0 Å². The Morgan fingerprint density at radius 1 is 1.25 bits per heavy atom. The van der Waals surface area contributed by atoms with Crippen molar-refractivity contribution < 1.29 is 4.74 Å². The molecule has 0 bridgehead atoms. The lowest BCUT2D eigenvalue weighted by atomic mass is 10.2. The van der Waals surface area contributed by atoms with E-state index >= 15 is 0 Å². The summed E-state index contributed by atoms with van der Waals surface area (Å²) in [6.07, 6.45) is 1.94. The zero-order valence-corrected chi connectivity index (χ0v) is 10.2. The van der Waals surface area contributed by atoms with Crippen molar-refractivity contribution in [2.75, 3.05) is 7.11 Å². The Kier molecular flexibility index (Phi) is 2.11. The van der Waals surface area contributed by atoms with Crippen LogP contribution in [0.3, 0.4) is 0 Å². The fraction of sp³-hybridized carbons (Fsp3) is 0.0833. The SMILES string of the molecule is COc1cccc2ccc3nc(Br)cn3c12. The smallest absolute Gasteiger partial charge is 0.143 e. The number of para-hydroxylation sites is 1. The lowest BCUT2D eigenvalue weighted by Gasteiger charge is -2.07. The molecule has 16 heavy (non-hydrogen) atoms. The minimum Gasteiger partial charge on any atom is -0.495 e. The molecule has 2 heterocycles. The van der Waals surface area contributed by atoms with Crippen LogP contribution in [0.5, 0.6) is 5.75 Å². The van der Waals surface area contributed by atoms with Crippen molar-refractivity contribution in [2.24, 2.45) is 0 Å². The van der Waals surface area contributed by atoms with E-state index in [0.29, 0.717) is 0 Å². The van der Waals surface area contributed by atoms with E-state index in [0.717, 1.165) is 26.9 Å². The Balaban J connectivity index is 2.56. The molecule has 80 valence electrons. The second-order valence-electron chi connectivity index (χ2n) is 3.52. The van der Waals surface area contributed by atoms with Gasteiger partial charge in [-0.2, -0.15) is 0 Å². The monoisotopic (exact) mass is 276 g/mol. The highest BCUT2D eigenvalue weighted by atomic mass is 79.9. The molecule has 0 aliphatic carbocycles. The van der Waals surface area contributed by atoms with Crippen molar-refractivity contribution in [3.05, 3.63) is 41.1 Å². The molecular formula is C12H9BrN2O. The minimum absolute atomic E-state index is 0.825. The number of ether oxygens (including phenoxy) is 1. The van der Waals surface area contributed by atoms with Crippen LogP contribution in [0.2, 0.25) is 0 Å². The third-order valence-corrected chi connectivity index (χ3v) is 2.99. The number of rotatable bonds is 1. The quantitative estimate of drug-likeness (QED) is 0.682. The summed E-state index contributed by atoms with van der Waals surface area (Å²) in [5.41, 5.74) is 1.95. The molecule has 0 spiro atoms. The number of aromatic nitrogens is 2. The van der Waals surface area contributed by atoms with Crippen molar-refractivity contribution in [3.63, 3.8) is 0 Å². The van der Waals surface area contributed by atoms with Gasteiger partial charge in [0.2, 0.25) is 0 Å². The summed E-state index contributed by atoms with van der Waals surface area (Å²) in [5, 5.41) is 1.14. The standard InChI is InChI=1S/C12H9BrN2O/c1-16-9-4-2-3-8-5-6-11-14-10(13)7-15(11)12(8)9/h2-7H,1H3. The van der Waals surface area contributed by atoms with Crippen molar-refractivity contribution >= 4 is 32.5 Å². The summed E-state index contributed by atoms with van der Waals surface area (Å²) >= 11 is 3.38. The van der Waals surface area contributed by atoms with Gasteiger partial charge in [0.05, 0.1) is 12.6 Å².